The molecule has 0 spiro atoms. The molecule has 90 valence electrons. The molecule has 0 radical (unpaired) electrons. The minimum atomic E-state index is 0.246. The Bertz CT molecular complexity index is 266. The Morgan fingerprint density at radius 1 is 1.31 bits per heavy atom. The predicted molar refractivity (Wildman–Crippen MR) is 64.2 cm³/mol. The lowest BCUT2D eigenvalue weighted by molar-refractivity contribution is 0.124. The zero-order valence-corrected chi connectivity index (χ0v) is 10.1. The minimum absolute atomic E-state index is 0.246. The molecule has 1 unspecified atom stereocenters. The van der Waals surface area contributed by atoms with Gasteiger partial charge in [0.05, 0.1) is 11.7 Å². The third-order valence-corrected chi connectivity index (χ3v) is 2.29. The van der Waals surface area contributed by atoms with E-state index in [9.17, 15) is 0 Å². The highest BCUT2D eigenvalue weighted by Gasteiger charge is 2.10. The topological polar surface area (TPSA) is 47.0 Å². The van der Waals surface area contributed by atoms with E-state index in [-0.39, 0.29) is 6.04 Å². The molecular formula is C12H21N3O. The molecule has 1 aromatic heterocycles. The molecule has 0 aliphatic rings. The summed E-state index contributed by atoms with van der Waals surface area (Å²) < 4.78 is 5.49. The molecule has 0 aliphatic carbocycles. The van der Waals surface area contributed by atoms with Gasteiger partial charge in [-0.1, -0.05) is 13.8 Å². The Morgan fingerprint density at radius 2 is 2.19 bits per heavy atom. The summed E-state index contributed by atoms with van der Waals surface area (Å²) in [5, 5.41) is 3.39. The highest BCUT2D eigenvalue weighted by Crippen LogP contribution is 2.12. The summed E-state index contributed by atoms with van der Waals surface area (Å²) in [5.74, 6) is 0. The zero-order chi connectivity index (χ0) is 11.6. The number of rotatable bonds is 8. The standard InChI is InChI=1S/C12H21N3O/c1-3-8-16-9-5-11(14-4-2)12-10-13-6-7-15-12/h6-7,10-11,14H,3-5,8-9H2,1-2H3. The first-order valence-corrected chi connectivity index (χ1v) is 5.95. The summed E-state index contributed by atoms with van der Waals surface area (Å²) in [7, 11) is 0. The van der Waals surface area contributed by atoms with Gasteiger partial charge < -0.3 is 10.1 Å². The van der Waals surface area contributed by atoms with Crippen molar-refractivity contribution in [2.24, 2.45) is 0 Å². The van der Waals surface area contributed by atoms with Crippen LogP contribution in [-0.2, 0) is 4.74 Å². The average Bonchev–Trinajstić information content (AvgIpc) is 2.34. The molecule has 0 saturated heterocycles. The van der Waals surface area contributed by atoms with Gasteiger partial charge in [-0.2, -0.15) is 0 Å². The highest BCUT2D eigenvalue weighted by molar-refractivity contribution is 5.01. The third-order valence-electron chi connectivity index (χ3n) is 2.29. The number of hydrogen-bond acceptors (Lipinski definition) is 4. The Hall–Kier alpha value is -1.00. The molecule has 0 amide bonds. The second-order valence-corrected chi connectivity index (χ2v) is 3.64. The predicted octanol–water partition coefficient (Wildman–Crippen LogP) is 1.94. The Balaban J connectivity index is 2.41. The molecule has 0 bridgehead atoms. The molecule has 4 heteroatoms. The molecule has 0 saturated carbocycles. The lowest BCUT2D eigenvalue weighted by Gasteiger charge is -2.16. The monoisotopic (exact) mass is 223 g/mol. The first kappa shape index (κ1) is 13.1. The van der Waals surface area contributed by atoms with Gasteiger partial charge in [0.25, 0.3) is 0 Å². The molecule has 1 atom stereocenters. The van der Waals surface area contributed by atoms with Gasteiger partial charge in [-0.25, -0.2) is 0 Å². The fourth-order valence-electron chi connectivity index (χ4n) is 1.54. The molecule has 0 aromatic carbocycles. The van der Waals surface area contributed by atoms with Crippen molar-refractivity contribution in [3.63, 3.8) is 0 Å². The molecule has 1 aromatic rings. The van der Waals surface area contributed by atoms with Crippen LogP contribution in [0.25, 0.3) is 0 Å². The van der Waals surface area contributed by atoms with Crippen molar-refractivity contribution >= 4 is 0 Å². The van der Waals surface area contributed by atoms with Gasteiger partial charge in [0.1, 0.15) is 0 Å². The lowest BCUT2D eigenvalue weighted by Crippen LogP contribution is -2.23. The van der Waals surface area contributed by atoms with Gasteiger partial charge >= 0.3 is 0 Å². The van der Waals surface area contributed by atoms with Crippen molar-refractivity contribution in [2.45, 2.75) is 32.7 Å². The van der Waals surface area contributed by atoms with Gasteiger partial charge in [-0.3, -0.25) is 9.97 Å². The Kier molecular flexibility index (Phi) is 6.69. The van der Waals surface area contributed by atoms with Crippen molar-refractivity contribution < 1.29 is 4.74 Å². The quantitative estimate of drug-likeness (QED) is 0.684. The summed E-state index contributed by atoms with van der Waals surface area (Å²) in [6.45, 7) is 6.73. The minimum Gasteiger partial charge on any atom is -0.381 e. The van der Waals surface area contributed by atoms with Crippen LogP contribution in [0, 0.1) is 0 Å². The van der Waals surface area contributed by atoms with Crippen LogP contribution >= 0.6 is 0 Å². The molecule has 0 fully saturated rings. The molecular weight excluding hydrogens is 202 g/mol. The molecule has 1 heterocycles. The normalized spacial score (nSPS) is 12.6. The second kappa shape index (κ2) is 8.19. The Morgan fingerprint density at radius 3 is 2.81 bits per heavy atom. The maximum atomic E-state index is 5.49. The van der Waals surface area contributed by atoms with E-state index < -0.39 is 0 Å². The van der Waals surface area contributed by atoms with E-state index in [1.54, 1.807) is 12.4 Å². The number of nitrogens with one attached hydrogen (secondary N) is 1. The van der Waals surface area contributed by atoms with Crippen LogP contribution in [0.3, 0.4) is 0 Å². The second-order valence-electron chi connectivity index (χ2n) is 3.64. The van der Waals surface area contributed by atoms with E-state index in [1.807, 2.05) is 6.20 Å². The number of nitrogens with zero attached hydrogens (tertiary/aromatic N) is 2. The number of aromatic nitrogens is 2. The van der Waals surface area contributed by atoms with Crippen molar-refractivity contribution in [1.82, 2.24) is 15.3 Å². The third kappa shape index (κ3) is 4.68. The van der Waals surface area contributed by atoms with E-state index in [1.165, 1.54) is 0 Å². The number of hydrogen-bond donors (Lipinski definition) is 1. The summed E-state index contributed by atoms with van der Waals surface area (Å²) in [5.41, 5.74) is 0.990. The van der Waals surface area contributed by atoms with E-state index in [2.05, 4.69) is 29.1 Å². The van der Waals surface area contributed by atoms with Crippen LogP contribution in [0.15, 0.2) is 18.6 Å². The SMILES string of the molecule is CCCOCCC(NCC)c1cnccn1. The van der Waals surface area contributed by atoms with Gasteiger partial charge in [-0.05, 0) is 19.4 Å². The van der Waals surface area contributed by atoms with Crippen LogP contribution in [0.5, 0.6) is 0 Å². The smallest absolute Gasteiger partial charge is 0.0756 e. The summed E-state index contributed by atoms with van der Waals surface area (Å²) in [4.78, 5) is 8.40. The summed E-state index contributed by atoms with van der Waals surface area (Å²) in [6.07, 6.45) is 7.24. The molecule has 0 aliphatic heterocycles. The largest absolute Gasteiger partial charge is 0.381 e. The van der Waals surface area contributed by atoms with E-state index in [0.29, 0.717) is 0 Å². The van der Waals surface area contributed by atoms with Crippen LogP contribution in [0.2, 0.25) is 0 Å². The maximum Gasteiger partial charge on any atom is 0.0756 e. The first-order valence-electron chi connectivity index (χ1n) is 5.95. The molecule has 16 heavy (non-hydrogen) atoms. The fraction of sp³-hybridized carbons (Fsp3) is 0.667. The maximum absolute atomic E-state index is 5.49. The van der Waals surface area contributed by atoms with Crippen LogP contribution in [0.4, 0.5) is 0 Å². The molecule has 1 rings (SSSR count). The van der Waals surface area contributed by atoms with Crippen molar-refractivity contribution in [1.29, 1.82) is 0 Å². The number of ether oxygens (including phenoxy) is 1. The van der Waals surface area contributed by atoms with Crippen LogP contribution in [0.1, 0.15) is 38.4 Å². The van der Waals surface area contributed by atoms with Gasteiger partial charge in [-0.15, -0.1) is 0 Å². The lowest BCUT2D eigenvalue weighted by atomic mass is 10.1. The molecule has 4 nitrogen and oxygen atoms in total. The van der Waals surface area contributed by atoms with E-state index in [4.69, 9.17) is 4.74 Å². The van der Waals surface area contributed by atoms with Gasteiger partial charge in [0.15, 0.2) is 0 Å². The summed E-state index contributed by atoms with van der Waals surface area (Å²) in [6, 6.07) is 0.246. The molecule has 1 N–H and O–H groups in total. The summed E-state index contributed by atoms with van der Waals surface area (Å²) >= 11 is 0. The van der Waals surface area contributed by atoms with Crippen molar-refractivity contribution in [2.75, 3.05) is 19.8 Å². The van der Waals surface area contributed by atoms with E-state index in [0.717, 1.165) is 38.3 Å². The van der Waals surface area contributed by atoms with Gasteiger partial charge in [0, 0.05) is 31.8 Å². The van der Waals surface area contributed by atoms with Gasteiger partial charge in [0.2, 0.25) is 0 Å². The van der Waals surface area contributed by atoms with Crippen LogP contribution in [-0.4, -0.2) is 29.7 Å². The van der Waals surface area contributed by atoms with Crippen molar-refractivity contribution in [3.05, 3.63) is 24.3 Å². The average molecular weight is 223 g/mol. The van der Waals surface area contributed by atoms with Crippen molar-refractivity contribution in [3.8, 4) is 0 Å². The Labute approximate surface area is 97.5 Å². The fourth-order valence-corrected chi connectivity index (χ4v) is 1.54. The zero-order valence-electron chi connectivity index (χ0n) is 10.1. The first-order chi connectivity index (χ1) is 7.88. The highest BCUT2D eigenvalue weighted by atomic mass is 16.5. The van der Waals surface area contributed by atoms with Crippen LogP contribution < -0.4 is 5.32 Å². The van der Waals surface area contributed by atoms with E-state index >= 15 is 0 Å².